The fraction of sp³-hybridized carbons (Fsp3) is 0.500. The molecule has 0 aliphatic heterocycles. The summed E-state index contributed by atoms with van der Waals surface area (Å²) in [5.41, 5.74) is 1.99. The first-order valence-electron chi connectivity index (χ1n) is 7.13. The fourth-order valence-corrected chi connectivity index (χ4v) is 3.37. The van der Waals surface area contributed by atoms with Gasteiger partial charge in [-0.05, 0) is 38.8 Å². The number of nitrogens with one attached hydrogen (secondary N) is 1. The van der Waals surface area contributed by atoms with Crippen molar-refractivity contribution in [1.82, 2.24) is 15.3 Å². The summed E-state index contributed by atoms with van der Waals surface area (Å²) >= 11 is 7.91. The average Bonchev–Trinajstić information content (AvgIpc) is 2.80. The first kappa shape index (κ1) is 16.4. The standard InChI is InChI=1S/C16H22ClN3S/c1-10(2)13-12(9-19-16(3,4)5)21-15(20-13)14-11(17)7-6-8-18-14/h6-8,10,19H,9H2,1-5H3. The molecule has 0 aromatic carbocycles. The minimum absolute atomic E-state index is 0.0844. The van der Waals surface area contributed by atoms with Crippen LogP contribution in [0.1, 0.15) is 51.1 Å². The molecule has 114 valence electrons. The Morgan fingerprint density at radius 1 is 1.33 bits per heavy atom. The van der Waals surface area contributed by atoms with E-state index in [1.807, 2.05) is 12.1 Å². The fourth-order valence-electron chi connectivity index (χ4n) is 1.93. The van der Waals surface area contributed by atoms with Crippen LogP contribution < -0.4 is 5.32 Å². The summed E-state index contributed by atoms with van der Waals surface area (Å²) in [7, 11) is 0. The highest BCUT2D eigenvalue weighted by molar-refractivity contribution is 7.15. The maximum absolute atomic E-state index is 6.24. The minimum Gasteiger partial charge on any atom is -0.307 e. The molecule has 2 aromatic rings. The van der Waals surface area contributed by atoms with Crippen LogP contribution in [0.4, 0.5) is 0 Å². The van der Waals surface area contributed by atoms with Gasteiger partial charge in [0.1, 0.15) is 10.7 Å². The average molecular weight is 324 g/mol. The lowest BCUT2D eigenvalue weighted by molar-refractivity contribution is 0.425. The Morgan fingerprint density at radius 3 is 2.62 bits per heavy atom. The molecule has 21 heavy (non-hydrogen) atoms. The molecule has 0 bridgehead atoms. The Kier molecular flexibility index (Phi) is 5.02. The number of nitrogens with zero attached hydrogens (tertiary/aromatic N) is 2. The van der Waals surface area contributed by atoms with E-state index in [1.165, 1.54) is 4.88 Å². The van der Waals surface area contributed by atoms with E-state index in [-0.39, 0.29) is 5.54 Å². The highest BCUT2D eigenvalue weighted by Crippen LogP contribution is 2.34. The number of halogens is 1. The van der Waals surface area contributed by atoms with Crippen molar-refractivity contribution in [1.29, 1.82) is 0 Å². The Hall–Kier alpha value is -0.970. The van der Waals surface area contributed by atoms with Gasteiger partial charge in [-0.15, -0.1) is 11.3 Å². The predicted octanol–water partition coefficient (Wildman–Crippen LogP) is 4.87. The van der Waals surface area contributed by atoms with E-state index < -0.39 is 0 Å². The van der Waals surface area contributed by atoms with Gasteiger partial charge in [-0.1, -0.05) is 25.4 Å². The van der Waals surface area contributed by atoms with E-state index in [2.05, 4.69) is 44.9 Å². The summed E-state index contributed by atoms with van der Waals surface area (Å²) in [5, 5.41) is 5.08. The van der Waals surface area contributed by atoms with E-state index in [1.54, 1.807) is 17.5 Å². The Morgan fingerprint density at radius 2 is 2.05 bits per heavy atom. The summed E-state index contributed by atoms with van der Waals surface area (Å²) in [5.74, 6) is 0.384. The lowest BCUT2D eigenvalue weighted by atomic mass is 10.1. The summed E-state index contributed by atoms with van der Waals surface area (Å²) in [6, 6.07) is 3.69. The Bertz CT molecular complexity index is 614. The zero-order chi connectivity index (χ0) is 15.6. The van der Waals surface area contributed by atoms with Crippen LogP contribution in [0.25, 0.3) is 10.7 Å². The third-order valence-electron chi connectivity index (χ3n) is 3.01. The zero-order valence-electron chi connectivity index (χ0n) is 13.2. The molecule has 0 amide bonds. The third-order valence-corrected chi connectivity index (χ3v) is 4.40. The molecule has 2 rings (SSSR count). The van der Waals surface area contributed by atoms with Gasteiger partial charge in [0.05, 0.1) is 10.7 Å². The molecule has 0 unspecified atom stereocenters. The van der Waals surface area contributed by atoms with Crippen LogP contribution in [0.2, 0.25) is 5.02 Å². The molecule has 0 radical (unpaired) electrons. The van der Waals surface area contributed by atoms with Crippen LogP contribution in [0.5, 0.6) is 0 Å². The highest BCUT2D eigenvalue weighted by Gasteiger charge is 2.19. The summed E-state index contributed by atoms with van der Waals surface area (Å²) in [6.07, 6.45) is 1.75. The molecule has 0 fully saturated rings. The first-order chi connectivity index (χ1) is 9.78. The molecule has 0 atom stereocenters. The van der Waals surface area contributed by atoms with Gasteiger partial charge in [0.15, 0.2) is 0 Å². The molecular weight excluding hydrogens is 302 g/mol. The monoisotopic (exact) mass is 323 g/mol. The molecule has 0 saturated heterocycles. The van der Waals surface area contributed by atoms with Gasteiger partial charge in [-0.25, -0.2) is 4.98 Å². The lowest BCUT2D eigenvalue weighted by Crippen LogP contribution is -2.35. The molecule has 2 aromatic heterocycles. The van der Waals surface area contributed by atoms with Crippen LogP contribution in [0.3, 0.4) is 0 Å². The largest absolute Gasteiger partial charge is 0.307 e. The van der Waals surface area contributed by atoms with Crippen molar-refractivity contribution in [3.8, 4) is 10.7 Å². The van der Waals surface area contributed by atoms with E-state index >= 15 is 0 Å². The normalized spacial score (nSPS) is 12.1. The maximum Gasteiger partial charge on any atom is 0.143 e. The predicted molar refractivity (Wildman–Crippen MR) is 91.0 cm³/mol. The number of hydrogen-bond donors (Lipinski definition) is 1. The Labute approximate surface area is 135 Å². The van der Waals surface area contributed by atoms with Gasteiger partial charge in [-0.2, -0.15) is 0 Å². The van der Waals surface area contributed by atoms with E-state index in [9.17, 15) is 0 Å². The van der Waals surface area contributed by atoms with Gasteiger partial charge in [0.25, 0.3) is 0 Å². The summed E-state index contributed by atoms with van der Waals surface area (Å²) in [6.45, 7) is 11.6. The van der Waals surface area contributed by atoms with Crippen molar-refractivity contribution < 1.29 is 0 Å². The molecule has 3 nitrogen and oxygen atoms in total. The van der Waals surface area contributed by atoms with Crippen molar-refractivity contribution in [3.63, 3.8) is 0 Å². The van der Waals surface area contributed by atoms with Gasteiger partial charge in [0, 0.05) is 23.2 Å². The second kappa shape index (κ2) is 6.42. The third kappa shape index (κ3) is 4.25. The summed E-state index contributed by atoms with van der Waals surface area (Å²) in [4.78, 5) is 10.4. The Balaban J connectivity index is 2.36. The van der Waals surface area contributed by atoms with Crippen molar-refractivity contribution in [3.05, 3.63) is 33.9 Å². The second-order valence-electron chi connectivity index (χ2n) is 6.42. The zero-order valence-corrected chi connectivity index (χ0v) is 14.8. The molecule has 2 heterocycles. The van der Waals surface area contributed by atoms with Crippen LogP contribution in [0, 0.1) is 0 Å². The molecule has 0 aliphatic rings. The van der Waals surface area contributed by atoms with Crippen molar-refractivity contribution >= 4 is 22.9 Å². The molecule has 0 spiro atoms. The maximum atomic E-state index is 6.24. The molecule has 0 aliphatic carbocycles. The summed E-state index contributed by atoms with van der Waals surface area (Å²) < 4.78 is 0. The number of rotatable bonds is 4. The quantitative estimate of drug-likeness (QED) is 0.872. The van der Waals surface area contributed by atoms with Crippen molar-refractivity contribution in [2.75, 3.05) is 0 Å². The van der Waals surface area contributed by atoms with Crippen LogP contribution in [-0.2, 0) is 6.54 Å². The molecule has 5 heteroatoms. The smallest absolute Gasteiger partial charge is 0.143 e. The van der Waals surface area contributed by atoms with Gasteiger partial charge < -0.3 is 5.32 Å². The van der Waals surface area contributed by atoms with E-state index in [4.69, 9.17) is 16.6 Å². The lowest BCUT2D eigenvalue weighted by Gasteiger charge is -2.20. The van der Waals surface area contributed by atoms with Crippen molar-refractivity contribution in [2.45, 2.75) is 52.6 Å². The van der Waals surface area contributed by atoms with Crippen LogP contribution in [0.15, 0.2) is 18.3 Å². The van der Waals surface area contributed by atoms with E-state index in [0.29, 0.717) is 10.9 Å². The van der Waals surface area contributed by atoms with Gasteiger partial charge in [0.2, 0.25) is 0 Å². The second-order valence-corrected chi connectivity index (χ2v) is 7.91. The minimum atomic E-state index is 0.0844. The highest BCUT2D eigenvalue weighted by atomic mass is 35.5. The SMILES string of the molecule is CC(C)c1nc(-c2ncccc2Cl)sc1CNC(C)(C)C. The first-order valence-corrected chi connectivity index (χ1v) is 8.33. The molecular formula is C16H22ClN3S. The number of aromatic nitrogens is 2. The van der Waals surface area contributed by atoms with Crippen LogP contribution in [-0.4, -0.2) is 15.5 Å². The number of hydrogen-bond acceptors (Lipinski definition) is 4. The van der Waals surface area contributed by atoms with Crippen LogP contribution >= 0.6 is 22.9 Å². The number of pyridine rings is 1. The van der Waals surface area contributed by atoms with Gasteiger partial charge in [-0.3, -0.25) is 4.98 Å². The molecule has 1 N–H and O–H groups in total. The topological polar surface area (TPSA) is 37.8 Å². The van der Waals surface area contributed by atoms with E-state index in [0.717, 1.165) is 22.9 Å². The van der Waals surface area contributed by atoms with Gasteiger partial charge >= 0.3 is 0 Å². The van der Waals surface area contributed by atoms with Crippen molar-refractivity contribution in [2.24, 2.45) is 0 Å². The molecule has 0 saturated carbocycles. The number of thiazole rings is 1.